The maximum absolute atomic E-state index is 11.8. The molecule has 0 radical (unpaired) electrons. The van der Waals surface area contributed by atoms with Crippen LogP contribution in [0.25, 0.3) is 16.8 Å². The van der Waals surface area contributed by atoms with E-state index in [2.05, 4.69) is 46.6 Å². The largest absolute Gasteiger partial charge is 0.493 e. The van der Waals surface area contributed by atoms with E-state index in [0.29, 0.717) is 13.2 Å². The fourth-order valence-corrected chi connectivity index (χ4v) is 3.58. The number of H-pyrrole nitrogens is 1. The zero-order valence-electron chi connectivity index (χ0n) is 18.1. The Kier molecular flexibility index (Phi) is 6.98. The van der Waals surface area contributed by atoms with Crippen molar-refractivity contribution in [1.82, 2.24) is 10.2 Å². The summed E-state index contributed by atoms with van der Waals surface area (Å²) in [5.74, 6) is 0.375. The standard InChI is InChI=1S/C27H26N2O3/c1-2-31-27(30)12-11-23-10-8-21(18-25-13-15-28-29-25)19-26(23)32-16-14-20-7-9-22-5-3-4-6-24(22)17-20/h3-13,15,17,19H,2,14,16,18H2,1H3,(H,28,29). The third-order valence-electron chi connectivity index (χ3n) is 5.18. The average molecular weight is 427 g/mol. The summed E-state index contributed by atoms with van der Waals surface area (Å²) in [6.07, 6.45) is 6.43. The second kappa shape index (κ2) is 10.4. The van der Waals surface area contributed by atoms with Crippen molar-refractivity contribution < 1.29 is 14.3 Å². The average Bonchev–Trinajstić information content (AvgIpc) is 3.32. The summed E-state index contributed by atoms with van der Waals surface area (Å²) < 4.78 is 11.2. The first kappa shape index (κ1) is 21.4. The van der Waals surface area contributed by atoms with Gasteiger partial charge in [-0.3, -0.25) is 5.10 Å². The number of aromatic nitrogens is 2. The van der Waals surface area contributed by atoms with Crippen molar-refractivity contribution in [2.24, 2.45) is 0 Å². The topological polar surface area (TPSA) is 64.2 Å². The maximum Gasteiger partial charge on any atom is 0.330 e. The highest BCUT2D eigenvalue weighted by Crippen LogP contribution is 2.24. The predicted octanol–water partition coefficient (Wildman–Crippen LogP) is 5.35. The van der Waals surface area contributed by atoms with Crippen LogP contribution in [0.2, 0.25) is 0 Å². The molecule has 0 saturated heterocycles. The van der Waals surface area contributed by atoms with Gasteiger partial charge in [0.2, 0.25) is 0 Å². The molecule has 0 unspecified atom stereocenters. The number of nitrogens with zero attached hydrogens (tertiary/aromatic N) is 1. The molecular formula is C27H26N2O3. The quantitative estimate of drug-likeness (QED) is 0.289. The number of fused-ring (bicyclic) bond motifs is 1. The Hall–Kier alpha value is -3.86. The zero-order chi connectivity index (χ0) is 22.2. The van der Waals surface area contributed by atoms with Crippen molar-refractivity contribution in [1.29, 1.82) is 0 Å². The Labute approximate surface area is 187 Å². The molecule has 5 heteroatoms. The minimum Gasteiger partial charge on any atom is -0.493 e. The smallest absolute Gasteiger partial charge is 0.330 e. The highest BCUT2D eigenvalue weighted by molar-refractivity contribution is 5.87. The highest BCUT2D eigenvalue weighted by Gasteiger charge is 2.07. The lowest BCUT2D eigenvalue weighted by molar-refractivity contribution is -0.137. The van der Waals surface area contributed by atoms with E-state index in [-0.39, 0.29) is 5.97 Å². The summed E-state index contributed by atoms with van der Waals surface area (Å²) in [5.41, 5.74) is 4.19. The van der Waals surface area contributed by atoms with Gasteiger partial charge in [0.15, 0.2) is 0 Å². The summed E-state index contributed by atoms with van der Waals surface area (Å²) in [5, 5.41) is 9.46. The van der Waals surface area contributed by atoms with Gasteiger partial charge in [0.25, 0.3) is 0 Å². The molecule has 1 aromatic heterocycles. The summed E-state index contributed by atoms with van der Waals surface area (Å²) in [6, 6.07) is 22.8. The predicted molar refractivity (Wildman–Crippen MR) is 127 cm³/mol. The van der Waals surface area contributed by atoms with Gasteiger partial charge in [-0.15, -0.1) is 0 Å². The minimum absolute atomic E-state index is 0.349. The van der Waals surface area contributed by atoms with Crippen LogP contribution in [-0.4, -0.2) is 29.4 Å². The van der Waals surface area contributed by atoms with Gasteiger partial charge in [-0.05, 0) is 47.0 Å². The Morgan fingerprint density at radius 3 is 2.66 bits per heavy atom. The van der Waals surface area contributed by atoms with Crippen molar-refractivity contribution in [2.75, 3.05) is 13.2 Å². The van der Waals surface area contributed by atoms with Gasteiger partial charge in [-0.25, -0.2) is 4.79 Å². The van der Waals surface area contributed by atoms with Crippen LogP contribution in [0.5, 0.6) is 5.75 Å². The van der Waals surface area contributed by atoms with Gasteiger partial charge in [0.05, 0.1) is 13.2 Å². The summed E-state index contributed by atoms with van der Waals surface area (Å²) in [6.45, 7) is 2.67. The number of aromatic amines is 1. The molecule has 0 fully saturated rings. The van der Waals surface area contributed by atoms with E-state index in [1.54, 1.807) is 19.2 Å². The zero-order valence-corrected chi connectivity index (χ0v) is 18.1. The Morgan fingerprint density at radius 2 is 1.84 bits per heavy atom. The number of nitrogens with one attached hydrogen (secondary N) is 1. The Morgan fingerprint density at radius 1 is 1.00 bits per heavy atom. The molecule has 5 nitrogen and oxygen atoms in total. The molecule has 162 valence electrons. The van der Waals surface area contributed by atoms with Crippen molar-refractivity contribution >= 4 is 22.8 Å². The number of esters is 1. The molecule has 0 aliphatic rings. The number of hydrogen-bond acceptors (Lipinski definition) is 4. The van der Waals surface area contributed by atoms with E-state index in [4.69, 9.17) is 9.47 Å². The molecule has 0 spiro atoms. The number of carbonyl (C=O) groups excluding carboxylic acids is 1. The molecule has 0 amide bonds. The number of carbonyl (C=O) groups is 1. The summed E-state index contributed by atoms with van der Waals surface area (Å²) in [7, 11) is 0. The van der Waals surface area contributed by atoms with Crippen molar-refractivity contribution in [3.63, 3.8) is 0 Å². The van der Waals surface area contributed by atoms with Gasteiger partial charge in [-0.2, -0.15) is 5.10 Å². The molecule has 1 N–H and O–H groups in total. The molecule has 32 heavy (non-hydrogen) atoms. The first-order valence-electron chi connectivity index (χ1n) is 10.8. The normalized spacial score (nSPS) is 11.2. The fraction of sp³-hybridized carbons (Fsp3) is 0.185. The second-order valence-electron chi connectivity index (χ2n) is 7.50. The third-order valence-corrected chi connectivity index (χ3v) is 5.18. The lowest BCUT2D eigenvalue weighted by Gasteiger charge is -2.12. The molecule has 1 heterocycles. The van der Waals surface area contributed by atoms with Crippen LogP contribution in [-0.2, 0) is 22.4 Å². The van der Waals surface area contributed by atoms with Gasteiger partial charge in [0.1, 0.15) is 5.75 Å². The van der Waals surface area contributed by atoms with Crippen LogP contribution in [0.4, 0.5) is 0 Å². The first-order chi connectivity index (χ1) is 15.7. The van der Waals surface area contributed by atoms with Gasteiger partial charge in [-0.1, -0.05) is 54.6 Å². The van der Waals surface area contributed by atoms with Crippen LogP contribution < -0.4 is 4.74 Å². The minimum atomic E-state index is -0.365. The molecule has 0 saturated carbocycles. The molecule has 3 aromatic carbocycles. The lowest BCUT2D eigenvalue weighted by atomic mass is 10.0. The monoisotopic (exact) mass is 426 g/mol. The molecule has 0 atom stereocenters. The van der Waals surface area contributed by atoms with Crippen LogP contribution in [0.1, 0.15) is 29.3 Å². The van der Waals surface area contributed by atoms with Crippen molar-refractivity contribution in [3.8, 4) is 5.75 Å². The van der Waals surface area contributed by atoms with Crippen LogP contribution in [0.3, 0.4) is 0 Å². The number of benzene rings is 3. The SMILES string of the molecule is CCOC(=O)C=Cc1ccc(Cc2ccn[nH]2)cc1OCCc1ccc2ccccc2c1. The van der Waals surface area contributed by atoms with Crippen LogP contribution in [0, 0.1) is 0 Å². The number of ether oxygens (including phenoxy) is 2. The summed E-state index contributed by atoms with van der Waals surface area (Å²) in [4.78, 5) is 11.8. The lowest BCUT2D eigenvalue weighted by Crippen LogP contribution is -2.04. The van der Waals surface area contributed by atoms with Gasteiger partial charge >= 0.3 is 5.97 Å². The molecule has 4 rings (SSSR count). The van der Waals surface area contributed by atoms with E-state index < -0.39 is 0 Å². The number of hydrogen-bond donors (Lipinski definition) is 1. The molecule has 0 aliphatic carbocycles. The van der Waals surface area contributed by atoms with Gasteiger partial charge < -0.3 is 9.47 Å². The number of rotatable bonds is 9. The highest BCUT2D eigenvalue weighted by atomic mass is 16.5. The van der Waals surface area contributed by atoms with E-state index in [0.717, 1.165) is 35.4 Å². The van der Waals surface area contributed by atoms with Crippen molar-refractivity contribution in [3.05, 3.63) is 101 Å². The van der Waals surface area contributed by atoms with Crippen molar-refractivity contribution in [2.45, 2.75) is 19.8 Å². The third kappa shape index (κ3) is 5.64. The Bertz CT molecular complexity index is 1210. The maximum atomic E-state index is 11.8. The molecule has 0 aliphatic heterocycles. The van der Waals surface area contributed by atoms with E-state index >= 15 is 0 Å². The van der Waals surface area contributed by atoms with E-state index in [1.807, 2.05) is 30.3 Å². The molecular weight excluding hydrogens is 400 g/mol. The van der Waals surface area contributed by atoms with Crippen LogP contribution >= 0.6 is 0 Å². The van der Waals surface area contributed by atoms with E-state index in [9.17, 15) is 4.79 Å². The Balaban J connectivity index is 1.49. The molecule has 0 bridgehead atoms. The van der Waals surface area contributed by atoms with E-state index in [1.165, 1.54) is 22.4 Å². The van der Waals surface area contributed by atoms with Gasteiger partial charge in [0, 0.05) is 36.4 Å². The summed E-state index contributed by atoms with van der Waals surface area (Å²) >= 11 is 0. The fourth-order valence-electron chi connectivity index (χ4n) is 3.58. The molecule has 4 aromatic rings. The second-order valence-corrected chi connectivity index (χ2v) is 7.50. The first-order valence-corrected chi connectivity index (χ1v) is 10.8. The van der Waals surface area contributed by atoms with Crippen LogP contribution in [0.15, 0.2) is 79.0 Å².